The molecule has 3 amide bonds. The monoisotopic (exact) mass is 421 g/mol. The van der Waals surface area contributed by atoms with E-state index in [-0.39, 0.29) is 18.3 Å². The van der Waals surface area contributed by atoms with E-state index in [1.165, 1.54) is 11.1 Å². The van der Waals surface area contributed by atoms with Crippen LogP contribution in [0.15, 0.2) is 53.1 Å². The minimum absolute atomic E-state index is 0.0359. The van der Waals surface area contributed by atoms with E-state index in [0.29, 0.717) is 10.8 Å². The van der Waals surface area contributed by atoms with Gasteiger partial charge < -0.3 is 9.73 Å². The molecule has 5 rings (SSSR count). The molecular weight excluding hydrogens is 402 g/mol. The largest absolute Gasteiger partial charge is 0.439 e. The Morgan fingerprint density at radius 3 is 2.83 bits per heavy atom. The number of carbonyl (C=O) groups is 2. The van der Waals surface area contributed by atoms with Crippen LogP contribution in [-0.4, -0.2) is 21.8 Å². The summed E-state index contributed by atoms with van der Waals surface area (Å²) >= 11 is 6.03. The van der Waals surface area contributed by atoms with Gasteiger partial charge >= 0.3 is 6.03 Å². The second-order valence-corrected chi connectivity index (χ2v) is 8.35. The SMILES string of the molecule is CC1(c2ccc3c(c2)CCC3)NC(=O)N(Cc2ncc(-c3cccc(Cl)c3)o2)C1=O. The summed E-state index contributed by atoms with van der Waals surface area (Å²) in [6.07, 6.45) is 4.77. The molecule has 1 aromatic heterocycles. The normalized spacial score (nSPS) is 20.5. The fourth-order valence-corrected chi connectivity index (χ4v) is 4.40. The molecule has 1 aliphatic heterocycles. The molecule has 2 heterocycles. The minimum atomic E-state index is -1.10. The number of amides is 3. The zero-order valence-electron chi connectivity index (χ0n) is 16.4. The van der Waals surface area contributed by atoms with Crippen LogP contribution in [0.1, 0.15) is 35.9 Å². The van der Waals surface area contributed by atoms with E-state index in [0.717, 1.165) is 35.3 Å². The fourth-order valence-electron chi connectivity index (χ4n) is 4.21. The number of nitrogens with one attached hydrogen (secondary N) is 1. The molecule has 3 aromatic rings. The van der Waals surface area contributed by atoms with Crippen molar-refractivity contribution in [3.05, 3.63) is 76.3 Å². The van der Waals surface area contributed by atoms with Gasteiger partial charge in [-0.2, -0.15) is 0 Å². The van der Waals surface area contributed by atoms with Crippen LogP contribution in [0.25, 0.3) is 11.3 Å². The Kier molecular flexibility index (Phi) is 4.40. The maximum absolute atomic E-state index is 13.2. The quantitative estimate of drug-likeness (QED) is 0.631. The summed E-state index contributed by atoms with van der Waals surface area (Å²) in [4.78, 5) is 31.3. The van der Waals surface area contributed by atoms with Crippen LogP contribution in [0, 0.1) is 0 Å². The lowest BCUT2D eigenvalue weighted by molar-refractivity contribution is -0.131. The van der Waals surface area contributed by atoms with E-state index in [1.807, 2.05) is 24.3 Å². The Balaban J connectivity index is 1.39. The number of nitrogens with zero attached hydrogens (tertiary/aromatic N) is 2. The summed E-state index contributed by atoms with van der Waals surface area (Å²) in [5.41, 5.74) is 3.06. The van der Waals surface area contributed by atoms with Crippen LogP contribution < -0.4 is 5.32 Å². The van der Waals surface area contributed by atoms with Gasteiger partial charge in [0.25, 0.3) is 5.91 Å². The summed E-state index contributed by atoms with van der Waals surface area (Å²) < 4.78 is 5.77. The molecule has 1 fully saturated rings. The Bertz CT molecular complexity index is 1170. The van der Waals surface area contributed by atoms with Gasteiger partial charge in [0.05, 0.1) is 6.20 Å². The predicted octanol–water partition coefficient (Wildman–Crippen LogP) is 4.45. The number of imide groups is 1. The molecular formula is C23H20ClN3O3. The van der Waals surface area contributed by atoms with Crippen LogP contribution >= 0.6 is 11.6 Å². The molecule has 30 heavy (non-hydrogen) atoms. The third-order valence-electron chi connectivity index (χ3n) is 5.91. The molecule has 0 bridgehead atoms. The van der Waals surface area contributed by atoms with Crippen molar-refractivity contribution in [3.63, 3.8) is 0 Å². The number of hydrogen-bond donors (Lipinski definition) is 1. The molecule has 7 heteroatoms. The summed E-state index contributed by atoms with van der Waals surface area (Å²) in [5.74, 6) is 0.501. The van der Waals surface area contributed by atoms with Crippen molar-refractivity contribution in [1.82, 2.24) is 15.2 Å². The number of urea groups is 1. The number of aromatic nitrogens is 1. The Morgan fingerprint density at radius 1 is 1.17 bits per heavy atom. The number of rotatable bonds is 4. The Morgan fingerprint density at radius 2 is 2.00 bits per heavy atom. The van der Waals surface area contributed by atoms with E-state index >= 15 is 0 Å². The highest BCUT2D eigenvalue weighted by Crippen LogP contribution is 2.33. The number of halogens is 1. The lowest BCUT2D eigenvalue weighted by Crippen LogP contribution is -2.41. The highest BCUT2D eigenvalue weighted by molar-refractivity contribution is 6.30. The summed E-state index contributed by atoms with van der Waals surface area (Å²) in [6.45, 7) is 1.71. The molecule has 1 unspecified atom stereocenters. The summed E-state index contributed by atoms with van der Waals surface area (Å²) in [5, 5.41) is 3.44. The van der Waals surface area contributed by atoms with Gasteiger partial charge in [-0.25, -0.2) is 9.78 Å². The van der Waals surface area contributed by atoms with E-state index in [4.69, 9.17) is 16.0 Å². The average Bonchev–Trinajstić information content (AvgIpc) is 3.44. The van der Waals surface area contributed by atoms with Crippen molar-refractivity contribution >= 4 is 23.5 Å². The maximum Gasteiger partial charge on any atom is 0.325 e. The third-order valence-corrected chi connectivity index (χ3v) is 6.14. The van der Waals surface area contributed by atoms with Gasteiger partial charge in [-0.15, -0.1) is 0 Å². The standard InChI is InChI=1S/C23H20ClN3O3/c1-23(17-9-8-14-4-2-5-15(14)10-17)21(28)27(22(29)26-23)13-20-25-12-19(30-20)16-6-3-7-18(24)11-16/h3,6-12H,2,4-5,13H2,1H3,(H,26,29). The van der Waals surface area contributed by atoms with Gasteiger partial charge in [0.15, 0.2) is 5.76 Å². The molecule has 2 aliphatic rings. The van der Waals surface area contributed by atoms with Crippen LogP contribution in [0.5, 0.6) is 0 Å². The number of oxazole rings is 1. The first-order valence-electron chi connectivity index (χ1n) is 9.91. The first-order chi connectivity index (χ1) is 14.4. The second kappa shape index (κ2) is 6.99. The van der Waals surface area contributed by atoms with Crippen molar-refractivity contribution in [2.24, 2.45) is 0 Å². The van der Waals surface area contributed by atoms with Crippen LogP contribution in [0.4, 0.5) is 4.79 Å². The average molecular weight is 422 g/mol. The third kappa shape index (κ3) is 3.08. The smallest absolute Gasteiger partial charge is 0.325 e. The van der Waals surface area contributed by atoms with Crippen molar-refractivity contribution in [2.45, 2.75) is 38.3 Å². The van der Waals surface area contributed by atoms with Crippen molar-refractivity contribution in [3.8, 4) is 11.3 Å². The maximum atomic E-state index is 13.2. The molecule has 0 radical (unpaired) electrons. The van der Waals surface area contributed by atoms with Gasteiger partial charge in [0.2, 0.25) is 5.89 Å². The molecule has 2 aromatic carbocycles. The fraction of sp³-hybridized carbons (Fsp3) is 0.261. The van der Waals surface area contributed by atoms with Gasteiger partial charge in [-0.1, -0.05) is 41.9 Å². The van der Waals surface area contributed by atoms with Gasteiger partial charge in [0.1, 0.15) is 12.1 Å². The van der Waals surface area contributed by atoms with Gasteiger partial charge in [-0.05, 0) is 55.0 Å². The zero-order valence-corrected chi connectivity index (χ0v) is 17.2. The number of aryl methyl sites for hydroxylation is 2. The molecule has 6 nitrogen and oxygen atoms in total. The van der Waals surface area contributed by atoms with E-state index in [9.17, 15) is 9.59 Å². The first kappa shape index (κ1) is 18.9. The molecule has 1 N–H and O–H groups in total. The lowest BCUT2D eigenvalue weighted by atomic mass is 9.90. The number of hydrogen-bond acceptors (Lipinski definition) is 4. The molecule has 1 atom stereocenters. The van der Waals surface area contributed by atoms with Crippen molar-refractivity contribution in [2.75, 3.05) is 0 Å². The Labute approximate surface area is 178 Å². The zero-order chi connectivity index (χ0) is 20.9. The predicted molar refractivity (Wildman–Crippen MR) is 112 cm³/mol. The number of benzene rings is 2. The van der Waals surface area contributed by atoms with E-state index < -0.39 is 11.6 Å². The lowest BCUT2D eigenvalue weighted by Gasteiger charge is -2.23. The second-order valence-electron chi connectivity index (χ2n) is 7.91. The molecule has 1 saturated heterocycles. The molecule has 0 spiro atoms. The van der Waals surface area contributed by atoms with Crippen molar-refractivity contribution in [1.29, 1.82) is 0 Å². The minimum Gasteiger partial charge on any atom is -0.439 e. The number of carbonyl (C=O) groups excluding carboxylic acids is 2. The number of fused-ring (bicyclic) bond motifs is 1. The van der Waals surface area contributed by atoms with Gasteiger partial charge in [0, 0.05) is 10.6 Å². The highest BCUT2D eigenvalue weighted by Gasteiger charge is 2.49. The van der Waals surface area contributed by atoms with Crippen LogP contribution in [0.3, 0.4) is 0 Å². The summed E-state index contributed by atoms with van der Waals surface area (Å²) in [7, 11) is 0. The molecule has 1 aliphatic carbocycles. The van der Waals surface area contributed by atoms with E-state index in [1.54, 1.807) is 25.3 Å². The topological polar surface area (TPSA) is 75.4 Å². The summed E-state index contributed by atoms with van der Waals surface area (Å²) in [6, 6.07) is 12.8. The highest BCUT2D eigenvalue weighted by atomic mass is 35.5. The van der Waals surface area contributed by atoms with Crippen LogP contribution in [0.2, 0.25) is 5.02 Å². The molecule has 152 valence electrons. The first-order valence-corrected chi connectivity index (χ1v) is 10.3. The van der Waals surface area contributed by atoms with Crippen molar-refractivity contribution < 1.29 is 14.0 Å². The van der Waals surface area contributed by atoms with E-state index in [2.05, 4.69) is 16.4 Å². The van der Waals surface area contributed by atoms with Gasteiger partial charge in [-0.3, -0.25) is 9.69 Å². The Hall–Kier alpha value is -3.12. The molecule has 0 saturated carbocycles. The van der Waals surface area contributed by atoms with Crippen LogP contribution in [-0.2, 0) is 29.7 Å².